The summed E-state index contributed by atoms with van der Waals surface area (Å²) < 4.78 is 0. The Balaban J connectivity index is -0.000000141. The fourth-order valence-electron chi connectivity index (χ4n) is 0.593. The average molecular weight is 481 g/mol. The van der Waals surface area contributed by atoms with Crippen LogP contribution >= 0.6 is 58.0 Å². The van der Waals surface area contributed by atoms with Crippen LogP contribution in [-0.4, -0.2) is 45.6 Å². The van der Waals surface area contributed by atoms with Crippen molar-refractivity contribution in [2.45, 2.75) is 0 Å². The number of hydrogen-bond donors (Lipinski definition) is 3. The zero-order chi connectivity index (χ0) is 13.7. The number of carboxylic acids is 1. The molecule has 0 spiro atoms. The van der Waals surface area contributed by atoms with Crippen LogP contribution in [0.25, 0.3) is 0 Å². The summed E-state index contributed by atoms with van der Waals surface area (Å²) in [6.45, 7) is -0.278. The zero-order valence-electron chi connectivity index (χ0n) is 8.98. The van der Waals surface area contributed by atoms with E-state index in [-0.39, 0.29) is 86.4 Å². The number of hydrogen-bond acceptors (Lipinski definition) is 3. The van der Waals surface area contributed by atoms with Crippen molar-refractivity contribution in [1.29, 1.82) is 0 Å². The molecule has 0 radical (unpaired) electrons. The van der Waals surface area contributed by atoms with E-state index in [2.05, 4.69) is 5.73 Å². The number of aliphatic carboxylic acids is 1. The minimum absolute atomic E-state index is 0. The van der Waals surface area contributed by atoms with E-state index in [1.54, 1.807) is 0 Å². The van der Waals surface area contributed by atoms with Crippen LogP contribution in [0, 0.1) is 0 Å². The second-order valence-electron chi connectivity index (χ2n) is 2.52. The van der Waals surface area contributed by atoms with Crippen LogP contribution in [0.5, 0.6) is 5.75 Å². The van der Waals surface area contributed by atoms with Crippen molar-refractivity contribution in [2.75, 3.05) is 6.54 Å². The molecule has 12 heteroatoms. The van der Waals surface area contributed by atoms with Crippen LogP contribution in [0.3, 0.4) is 0 Å². The Morgan fingerprint density at radius 2 is 1.15 bits per heavy atom. The number of nitrogens with two attached hydrogens (primary N) is 1. The Morgan fingerprint density at radius 1 is 0.950 bits per heavy atom. The Morgan fingerprint density at radius 3 is 1.35 bits per heavy atom. The summed E-state index contributed by atoms with van der Waals surface area (Å²) in [6.07, 6.45) is 0. The van der Waals surface area contributed by atoms with E-state index in [0.29, 0.717) is 0 Å². The van der Waals surface area contributed by atoms with Crippen LogP contribution in [-0.2, 0) is 31.0 Å². The van der Waals surface area contributed by atoms with E-state index in [9.17, 15) is 9.90 Å². The van der Waals surface area contributed by atoms with Crippen molar-refractivity contribution in [2.24, 2.45) is 5.73 Å². The zero-order valence-corrected chi connectivity index (χ0v) is 15.2. The van der Waals surface area contributed by atoms with Crippen molar-refractivity contribution in [3.8, 4) is 5.75 Å². The monoisotopic (exact) mass is 477 g/mol. The topological polar surface area (TPSA) is 115 Å². The molecule has 1 aromatic carbocycles. The molecular formula is C8H11AlCl5NO4Zr. The van der Waals surface area contributed by atoms with E-state index in [1.807, 2.05) is 0 Å². The molecule has 0 fully saturated rings. The van der Waals surface area contributed by atoms with E-state index in [1.165, 1.54) is 0 Å². The van der Waals surface area contributed by atoms with E-state index in [4.69, 9.17) is 63.1 Å². The van der Waals surface area contributed by atoms with Crippen LogP contribution in [0.1, 0.15) is 0 Å². The molecular weight excluding hydrogens is 470 g/mol. The van der Waals surface area contributed by atoms with Gasteiger partial charge in [-0.25, -0.2) is 0 Å². The van der Waals surface area contributed by atoms with Gasteiger partial charge in [0.2, 0.25) is 0 Å². The summed E-state index contributed by atoms with van der Waals surface area (Å²) in [7, 11) is 0. The molecule has 0 aliphatic carbocycles. The van der Waals surface area contributed by atoms with Gasteiger partial charge in [-0.15, -0.1) is 0 Å². The second kappa shape index (κ2) is 13.9. The third-order valence-electron chi connectivity index (χ3n) is 1.36. The molecule has 6 N–H and O–H groups in total. The number of carbonyl (C=O) groups is 1. The summed E-state index contributed by atoms with van der Waals surface area (Å²) in [5.74, 6) is -1.33. The SMILES string of the molecule is NCC(=O)O.O.Oc1c(Cl)c(Cl)c(Cl)c(Cl)c1Cl.[AlH3].[Zr]. The van der Waals surface area contributed by atoms with Crippen LogP contribution in [0.2, 0.25) is 25.1 Å². The van der Waals surface area contributed by atoms with Crippen molar-refractivity contribution in [3.05, 3.63) is 25.1 Å². The van der Waals surface area contributed by atoms with Gasteiger partial charge in [0.15, 0.2) is 23.1 Å². The Hall–Kier alpha value is 1.28. The van der Waals surface area contributed by atoms with Gasteiger partial charge in [0.1, 0.15) is 10.0 Å². The molecule has 0 atom stereocenters. The van der Waals surface area contributed by atoms with Gasteiger partial charge in [0, 0.05) is 26.2 Å². The number of halogens is 5. The fraction of sp³-hybridized carbons (Fsp3) is 0.125. The third kappa shape index (κ3) is 8.65. The van der Waals surface area contributed by atoms with Gasteiger partial charge in [-0.1, -0.05) is 58.0 Å². The van der Waals surface area contributed by atoms with Gasteiger partial charge in [0.25, 0.3) is 0 Å². The molecule has 0 saturated heterocycles. The van der Waals surface area contributed by atoms with Crippen molar-refractivity contribution < 1.29 is 46.7 Å². The van der Waals surface area contributed by atoms with E-state index in [0.717, 1.165) is 0 Å². The van der Waals surface area contributed by atoms with Crippen molar-refractivity contribution in [3.63, 3.8) is 0 Å². The molecule has 114 valence electrons. The molecule has 0 heterocycles. The first-order valence-electron chi connectivity index (χ1n) is 3.86. The minimum atomic E-state index is -0.968. The number of phenols is 1. The van der Waals surface area contributed by atoms with Crippen molar-refractivity contribution in [1.82, 2.24) is 0 Å². The molecule has 0 bridgehead atoms. The van der Waals surface area contributed by atoms with Gasteiger partial charge >= 0.3 is 5.97 Å². The predicted octanol–water partition coefficient (Wildman–Crippen LogP) is 1.68. The second-order valence-corrected chi connectivity index (χ2v) is 4.41. The summed E-state index contributed by atoms with van der Waals surface area (Å²) in [5.41, 5.74) is 4.57. The minimum Gasteiger partial charge on any atom is -0.505 e. The smallest absolute Gasteiger partial charge is 0.317 e. The Kier molecular flexibility index (Phi) is 20.4. The van der Waals surface area contributed by atoms with Gasteiger partial charge in [-0.2, -0.15) is 0 Å². The summed E-state index contributed by atoms with van der Waals surface area (Å²) in [5, 5.41) is 16.6. The largest absolute Gasteiger partial charge is 0.505 e. The fourth-order valence-corrected chi connectivity index (χ4v) is 1.72. The molecule has 1 rings (SSSR count). The Labute approximate surface area is 169 Å². The number of carboxylic acid groups (broad SMARTS) is 1. The number of benzene rings is 1. The van der Waals surface area contributed by atoms with E-state index < -0.39 is 5.97 Å². The standard InChI is InChI=1S/C6HCl5O.C2H5NO2.Al.H2O.Zr.3H/c7-1-2(8)4(10)6(12)5(11)3(1)9;3-1-2(4)5;;;;;;/h12H;1,3H2,(H,4,5);;1H2;;;;. The van der Waals surface area contributed by atoms with Gasteiger partial charge in [-0.05, 0) is 0 Å². The Bertz CT molecular complexity index is 346. The van der Waals surface area contributed by atoms with Crippen molar-refractivity contribution >= 4 is 81.3 Å². The average Bonchev–Trinajstić information content (AvgIpc) is 2.32. The number of aromatic hydroxyl groups is 1. The number of phenolic OH excluding ortho intramolecular Hbond substituents is 1. The molecule has 20 heavy (non-hydrogen) atoms. The van der Waals surface area contributed by atoms with Crippen LogP contribution in [0.15, 0.2) is 0 Å². The predicted molar refractivity (Wildman–Crippen MR) is 83.4 cm³/mol. The van der Waals surface area contributed by atoms with Gasteiger partial charge in [0.05, 0.1) is 21.6 Å². The maximum absolute atomic E-state index is 9.24. The molecule has 0 saturated carbocycles. The van der Waals surface area contributed by atoms with Crippen LogP contribution < -0.4 is 5.73 Å². The normalized spacial score (nSPS) is 8.10. The molecule has 5 nitrogen and oxygen atoms in total. The number of rotatable bonds is 1. The van der Waals surface area contributed by atoms with E-state index >= 15 is 0 Å². The molecule has 0 aromatic heterocycles. The summed E-state index contributed by atoms with van der Waals surface area (Å²) in [6, 6.07) is 0. The molecule has 0 unspecified atom stereocenters. The summed E-state index contributed by atoms with van der Waals surface area (Å²) >= 11 is 27.9. The quantitative estimate of drug-likeness (QED) is 0.322. The third-order valence-corrected chi connectivity index (χ3v) is 3.62. The van der Waals surface area contributed by atoms with Gasteiger partial charge in [-0.3, -0.25) is 4.79 Å². The first-order chi connectivity index (χ1) is 7.73. The molecule has 1 aromatic rings. The molecule has 0 aliphatic rings. The molecule has 0 amide bonds. The first-order valence-corrected chi connectivity index (χ1v) is 5.75. The maximum Gasteiger partial charge on any atom is 0.317 e. The summed E-state index contributed by atoms with van der Waals surface area (Å²) in [4.78, 5) is 9.24. The molecule has 0 aliphatic heterocycles. The maximum atomic E-state index is 9.24. The first kappa shape index (κ1) is 29.3. The van der Waals surface area contributed by atoms with Crippen LogP contribution in [0.4, 0.5) is 0 Å². The van der Waals surface area contributed by atoms with Gasteiger partial charge < -0.3 is 21.4 Å².